The molecule has 0 bridgehead atoms. The molecule has 1 aliphatic carbocycles. The lowest BCUT2D eigenvalue weighted by molar-refractivity contribution is 0.0413. The quantitative estimate of drug-likeness (QED) is 0.895. The normalized spacial score (nSPS) is 26.2. The van der Waals surface area contributed by atoms with Crippen LogP contribution in [-0.2, 0) is 9.47 Å². The molecule has 2 aliphatic heterocycles. The Morgan fingerprint density at radius 2 is 2.08 bits per heavy atom. The molecule has 0 radical (unpaired) electrons. The number of anilines is 2. The number of ether oxygens (including phenoxy) is 2. The van der Waals surface area contributed by atoms with Crippen LogP contribution in [0.3, 0.4) is 0 Å². The van der Waals surface area contributed by atoms with Crippen LogP contribution >= 0.6 is 0 Å². The number of cyclic esters (lactones) is 1. The van der Waals surface area contributed by atoms with Gasteiger partial charge in [-0.1, -0.05) is 6.07 Å². The maximum Gasteiger partial charge on any atom is 0.414 e. The Labute approximate surface area is 146 Å². The summed E-state index contributed by atoms with van der Waals surface area (Å²) in [4.78, 5) is 28.0. The maximum absolute atomic E-state index is 12.8. The van der Waals surface area contributed by atoms with Gasteiger partial charge >= 0.3 is 12.1 Å². The average molecular weight is 345 g/mol. The van der Waals surface area contributed by atoms with Gasteiger partial charge in [0.15, 0.2) is 0 Å². The number of hydrogen-bond acceptors (Lipinski definition) is 4. The fourth-order valence-electron chi connectivity index (χ4n) is 3.92. The lowest BCUT2D eigenvalue weighted by Crippen LogP contribution is -2.45. The van der Waals surface area contributed by atoms with Crippen molar-refractivity contribution >= 4 is 23.5 Å². The molecule has 7 nitrogen and oxygen atoms in total. The van der Waals surface area contributed by atoms with E-state index in [1.807, 2.05) is 29.2 Å². The van der Waals surface area contributed by atoms with Gasteiger partial charge in [0.1, 0.15) is 6.61 Å². The lowest BCUT2D eigenvalue weighted by atomic mass is 10.2. The third-order valence-electron chi connectivity index (χ3n) is 5.12. The van der Waals surface area contributed by atoms with Crippen molar-refractivity contribution in [3.05, 3.63) is 24.3 Å². The van der Waals surface area contributed by atoms with Crippen molar-refractivity contribution in [2.24, 2.45) is 0 Å². The van der Waals surface area contributed by atoms with Crippen molar-refractivity contribution in [1.82, 2.24) is 4.90 Å². The topological polar surface area (TPSA) is 71.1 Å². The number of urea groups is 1. The van der Waals surface area contributed by atoms with Crippen LogP contribution in [0.4, 0.5) is 21.0 Å². The highest BCUT2D eigenvalue weighted by molar-refractivity contribution is 5.93. The summed E-state index contributed by atoms with van der Waals surface area (Å²) in [6.07, 6.45) is 3.81. The predicted octanol–water partition coefficient (Wildman–Crippen LogP) is 2.82. The molecule has 7 heteroatoms. The van der Waals surface area contributed by atoms with Gasteiger partial charge < -0.3 is 19.7 Å². The number of amides is 3. The van der Waals surface area contributed by atoms with Crippen molar-refractivity contribution in [3.63, 3.8) is 0 Å². The van der Waals surface area contributed by atoms with E-state index in [4.69, 9.17) is 9.47 Å². The van der Waals surface area contributed by atoms with Crippen molar-refractivity contribution in [1.29, 1.82) is 0 Å². The summed E-state index contributed by atoms with van der Waals surface area (Å²) < 4.78 is 10.9. The Kier molecular flexibility index (Phi) is 4.48. The zero-order chi connectivity index (χ0) is 17.2. The van der Waals surface area contributed by atoms with Gasteiger partial charge in [-0.25, -0.2) is 9.59 Å². The lowest BCUT2D eigenvalue weighted by Gasteiger charge is -2.30. The predicted molar refractivity (Wildman–Crippen MR) is 92.9 cm³/mol. The molecule has 1 saturated carbocycles. The van der Waals surface area contributed by atoms with Gasteiger partial charge in [-0.2, -0.15) is 0 Å². The Morgan fingerprint density at radius 1 is 1.16 bits per heavy atom. The smallest absolute Gasteiger partial charge is 0.414 e. The standard InChI is InChI=1S/C18H23N3O4/c22-17(21-8-3-10-24-16-7-2-6-15(16)21)19-13-4-1-5-14(12-13)20-9-11-25-18(20)23/h1,4-5,12,15-16H,2-3,6-11H2,(H,19,22)/t15-,16+/m1/s1. The highest BCUT2D eigenvalue weighted by atomic mass is 16.6. The van der Waals surface area contributed by atoms with E-state index in [2.05, 4.69) is 5.32 Å². The summed E-state index contributed by atoms with van der Waals surface area (Å²) in [7, 11) is 0. The number of rotatable bonds is 2. The third-order valence-corrected chi connectivity index (χ3v) is 5.12. The molecule has 4 rings (SSSR count). The molecule has 3 fully saturated rings. The molecule has 0 aromatic heterocycles. The summed E-state index contributed by atoms with van der Waals surface area (Å²) in [5.41, 5.74) is 1.42. The van der Waals surface area contributed by atoms with E-state index in [0.29, 0.717) is 25.4 Å². The van der Waals surface area contributed by atoms with Crippen molar-refractivity contribution in [3.8, 4) is 0 Å². The Morgan fingerprint density at radius 3 is 2.92 bits per heavy atom. The first-order valence-electron chi connectivity index (χ1n) is 8.96. The van der Waals surface area contributed by atoms with Gasteiger partial charge in [0.05, 0.1) is 18.7 Å². The minimum atomic E-state index is -0.345. The maximum atomic E-state index is 12.8. The number of hydrogen-bond donors (Lipinski definition) is 1. The highest BCUT2D eigenvalue weighted by Gasteiger charge is 2.37. The number of carbonyl (C=O) groups is 2. The monoisotopic (exact) mass is 345 g/mol. The van der Waals surface area contributed by atoms with E-state index >= 15 is 0 Å². The van der Waals surface area contributed by atoms with Gasteiger partial charge in [-0.15, -0.1) is 0 Å². The molecule has 3 amide bonds. The largest absolute Gasteiger partial charge is 0.447 e. The fourth-order valence-corrected chi connectivity index (χ4v) is 3.92. The summed E-state index contributed by atoms with van der Waals surface area (Å²) in [5.74, 6) is 0. The van der Waals surface area contributed by atoms with E-state index in [1.54, 1.807) is 4.90 Å². The third kappa shape index (κ3) is 3.28. The second kappa shape index (κ2) is 6.92. The number of carbonyl (C=O) groups excluding carboxylic acids is 2. The summed E-state index contributed by atoms with van der Waals surface area (Å²) >= 11 is 0. The molecule has 1 aromatic carbocycles. The SMILES string of the molecule is O=C1OCCN1c1cccc(NC(=O)N2CCCO[C@H]3CCC[C@H]32)c1. The number of benzene rings is 1. The van der Waals surface area contributed by atoms with Crippen LogP contribution in [0.15, 0.2) is 24.3 Å². The van der Waals surface area contributed by atoms with Crippen LogP contribution in [0.1, 0.15) is 25.7 Å². The summed E-state index contributed by atoms with van der Waals surface area (Å²) in [6, 6.07) is 7.40. The van der Waals surface area contributed by atoms with E-state index in [-0.39, 0.29) is 24.3 Å². The first-order valence-corrected chi connectivity index (χ1v) is 8.96. The minimum absolute atomic E-state index is 0.0939. The van der Waals surface area contributed by atoms with Gasteiger partial charge in [0.2, 0.25) is 0 Å². The second-order valence-corrected chi connectivity index (χ2v) is 6.70. The van der Waals surface area contributed by atoms with E-state index in [9.17, 15) is 9.59 Å². The second-order valence-electron chi connectivity index (χ2n) is 6.70. The number of fused-ring (bicyclic) bond motifs is 1. The Hall–Kier alpha value is -2.28. The van der Waals surface area contributed by atoms with E-state index in [1.165, 1.54) is 0 Å². The van der Waals surface area contributed by atoms with E-state index < -0.39 is 0 Å². The Bertz CT molecular complexity index is 665. The molecule has 0 spiro atoms. The molecule has 25 heavy (non-hydrogen) atoms. The van der Waals surface area contributed by atoms with Gasteiger partial charge in [-0.3, -0.25) is 4.90 Å². The van der Waals surface area contributed by atoms with Gasteiger partial charge in [-0.05, 0) is 43.9 Å². The van der Waals surface area contributed by atoms with Crippen LogP contribution in [-0.4, -0.2) is 55.5 Å². The van der Waals surface area contributed by atoms with Gasteiger partial charge in [0.25, 0.3) is 0 Å². The average Bonchev–Trinajstić information content (AvgIpc) is 3.20. The zero-order valence-corrected chi connectivity index (χ0v) is 14.1. The first-order chi connectivity index (χ1) is 12.2. The molecule has 3 aliphatic rings. The number of nitrogens with zero attached hydrogens (tertiary/aromatic N) is 2. The molecular weight excluding hydrogens is 322 g/mol. The van der Waals surface area contributed by atoms with Crippen LogP contribution in [0.2, 0.25) is 0 Å². The van der Waals surface area contributed by atoms with Crippen LogP contribution in [0, 0.1) is 0 Å². The molecule has 2 atom stereocenters. The molecular formula is C18H23N3O4. The zero-order valence-electron chi connectivity index (χ0n) is 14.1. The molecule has 1 aromatic rings. The summed E-state index contributed by atoms with van der Waals surface area (Å²) in [5, 5.41) is 2.98. The highest BCUT2D eigenvalue weighted by Crippen LogP contribution is 2.30. The molecule has 2 heterocycles. The van der Waals surface area contributed by atoms with Crippen LogP contribution in [0.25, 0.3) is 0 Å². The minimum Gasteiger partial charge on any atom is -0.447 e. The molecule has 134 valence electrons. The molecule has 2 saturated heterocycles. The van der Waals surface area contributed by atoms with Crippen LogP contribution in [0.5, 0.6) is 0 Å². The summed E-state index contributed by atoms with van der Waals surface area (Å²) in [6.45, 7) is 2.36. The van der Waals surface area contributed by atoms with Gasteiger partial charge in [0, 0.05) is 24.5 Å². The number of nitrogens with one attached hydrogen (secondary N) is 1. The first kappa shape index (κ1) is 16.2. The molecule has 0 unspecified atom stereocenters. The fraction of sp³-hybridized carbons (Fsp3) is 0.556. The molecule has 1 N–H and O–H groups in total. The van der Waals surface area contributed by atoms with Crippen molar-refractivity contribution < 1.29 is 19.1 Å². The van der Waals surface area contributed by atoms with Crippen molar-refractivity contribution in [2.75, 3.05) is 36.5 Å². The van der Waals surface area contributed by atoms with E-state index in [0.717, 1.165) is 38.0 Å². The van der Waals surface area contributed by atoms with Crippen molar-refractivity contribution in [2.45, 2.75) is 37.8 Å². The Balaban J connectivity index is 1.47. The van der Waals surface area contributed by atoms with Crippen LogP contribution < -0.4 is 10.2 Å².